The van der Waals surface area contributed by atoms with E-state index < -0.39 is 11.9 Å². The number of carboxylic acid groups (broad SMARTS) is 1. The van der Waals surface area contributed by atoms with E-state index in [1.807, 2.05) is 0 Å². The zero-order chi connectivity index (χ0) is 18.7. The van der Waals surface area contributed by atoms with Gasteiger partial charge < -0.3 is 19.6 Å². The van der Waals surface area contributed by atoms with Gasteiger partial charge in [-0.3, -0.25) is 14.4 Å². The Balaban J connectivity index is 1.70. The fourth-order valence-corrected chi connectivity index (χ4v) is 4.50. The molecule has 7 nitrogen and oxygen atoms in total. The molecule has 0 spiro atoms. The standard InChI is InChI=1S/C18H22N2O5S/c1-25-15-4-2-13(3-5-15)20-10-12(8-16(20)21)18(24)19-6-7-26-11-14(19)9-17(22)23/h2-5,12,14H,6-11H2,1H3,(H,22,23). The minimum atomic E-state index is -0.905. The summed E-state index contributed by atoms with van der Waals surface area (Å²) in [5.74, 6) is 0.596. The van der Waals surface area contributed by atoms with E-state index in [1.165, 1.54) is 0 Å². The number of thioether (sulfide) groups is 1. The second-order valence-corrected chi connectivity index (χ2v) is 7.61. The molecule has 0 radical (unpaired) electrons. The van der Waals surface area contributed by atoms with Gasteiger partial charge in [-0.25, -0.2) is 0 Å². The van der Waals surface area contributed by atoms with Gasteiger partial charge in [0.1, 0.15) is 5.75 Å². The summed E-state index contributed by atoms with van der Waals surface area (Å²) in [7, 11) is 1.58. The third-order valence-corrected chi connectivity index (χ3v) is 5.87. The SMILES string of the molecule is COc1ccc(N2CC(C(=O)N3CCSCC3CC(=O)O)CC2=O)cc1. The van der Waals surface area contributed by atoms with Crippen molar-refractivity contribution in [3.63, 3.8) is 0 Å². The molecule has 2 amide bonds. The Kier molecular flexibility index (Phi) is 5.70. The minimum Gasteiger partial charge on any atom is -0.497 e. The fraction of sp³-hybridized carbons (Fsp3) is 0.500. The third-order valence-electron chi connectivity index (χ3n) is 4.78. The highest BCUT2D eigenvalue weighted by atomic mass is 32.2. The number of hydrogen-bond acceptors (Lipinski definition) is 5. The maximum Gasteiger partial charge on any atom is 0.305 e. The number of carbonyl (C=O) groups is 3. The first-order chi connectivity index (χ1) is 12.5. The van der Waals surface area contributed by atoms with Gasteiger partial charge in [-0.05, 0) is 24.3 Å². The van der Waals surface area contributed by atoms with Gasteiger partial charge in [0.25, 0.3) is 0 Å². The van der Waals surface area contributed by atoms with Crippen LogP contribution in [0, 0.1) is 5.92 Å². The van der Waals surface area contributed by atoms with E-state index in [1.54, 1.807) is 52.9 Å². The van der Waals surface area contributed by atoms with Crippen LogP contribution in [0.25, 0.3) is 0 Å². The average molecular weight is 378 g/mol. The number of carbonyl (C=O) groups excluding carboxylic acids is 2. The van der Waals surface area contributed by atoms with Gasteiger partial charge in [0, 0.05) is 36.7 Å². The molecular formula is C18H22N2O5S. The topological polar surface area (TPSA) is 87.2 Å². The number of anilines is 1. The molecule has 0 aromatic heterocycles. The number of amides is 2. The largest absolute Gasteiger partial charge is 0.497 e. The molecule has 3 rings (SSSR count). The van der Waals surface area contributed by atoms with Crippen molar-refractivity contribution in [3.8, 4) is 5.75 Å². The second-order valence-electron chi connectivity index (χ2n) is 6.46. The summed E-state index contributed by atoms with van der Waals surface area (Å²) in [5.41, 5.74) is 0.738. The molecule has 2 aliphatic rings. The van der Waals surface area contributed by atoms with Crippen LogP contribution in [-0.4, -0.2) is 65.5 Å². The minimum absolute atomic E-state index is 0.0540. The summed E-state index contributed by atoms with van der Waals surface area (Å²) >= 11 is 1.66. The highest BCUT2D eigenvalue weighted by molar-refractivity contribution is 7.99. The Morgan fingerprint density at radius 2 is 2.04 bits per heavy atom. The molecule has 1 aromatic carbocycles. The molecule has 0 bridgehead atoms. The predicted octanol–water partition coefficient (Wildman–Crippen LogP) is 1.47. The molecule has 0 aliphatic carbocycles. The van der Waals surface area contributed by atoms with Crippen molar-refractivity contribution < 1.29 is 24.2 Å². The molecule has 2 saturated heterocycles. The number of rotatable bonds is 5. The number of hydrogen-bond donors (Lipinski definition) is 1. The van der Waals surface area contributed by atoms with Gasteiger partial charge >= 0.3 is 5.97 Å². The lowest BCUT2D eigenvalue weighted by atomic mass is 10.0. The van der Waals surface area contributed by atoms with Gasteiger partial charge in [-0.2, -0.15) is 11.8 Å². The predicted molar refractivity (Wildman–Crippen MR) is 98.5 cm³/mol. The molecular weight excluding hydrogens is 356 g/mol. The maximum absolute atomic E-state index is 12.9. The van der Waals surface area contributed by atoms with Crippen molar-refractivity contribution in [1.82, 2.24) is 4.90 Å². The molecule has 2 atom stereocenters. The lowest BCUT2D eigenvalue weighted by molar-refractivity contribution is -0.142. The van der Waals surface area contributed by atoms with Gasteiger partial charge in [0.15, 0.2) is 0 Å². The second kappa shape index (κ2) is 7.99. The molecule has 26 heavy (non-hydrogen) atoms. The Hall–Kier alpha value is -2.22. The van der Waals surface area contributed by atoms with Crippen LogP contribution in [-0.2, 0) is 14.4 Å². The van der Waals surface area contributed by atoms with Crippen LogP contribution in [0.3, 0.4) is 0 Å². The van der Waals surface area contributed by atoms with Crippen LogP contribution in [0.4, 0.5) is 5.69 Å². The Morgan fingerprint density at radius 1 is 1.31 bits per heavy atom. The van der Waals surface area contributed by atoms with Gasteiger partial charge in [-0.15, -0.1) is 0 Å². The Labute approximate surface area is 156 Å². The Bertz CT molecular complexity index is 693. The lowest BCUT2D eigenvalue weighted by Crippen LogP contribution is -2.49. The number of benzene rings is 1. The van der Waals surface area contributed by atoms with E-state index in [4.69, 9.17) is 9.84 Å². The van der Waals surface area contributed by atoms with Crippen LogP contribution in [0.15, 0.2) is 24.3 Å². The zero-order valence-electron chi connectivity index (χ0n) is 14.6. The van der Waals surface area contributed by atoms with E-state index in [0.29, 0.717) is 24.6 Å². The molecule has 2 fully saturated rings. The first-order valence-electron chi connectivity index (χ1n) is 8.54. The fourth-order valence-electron chi connectivity index (χ4n) is 3.43. The highest BCUT2D eigenvalue weighted by Crippen LogP contribution is 2.29. The normalized spacial score (nSPS) is 23.2. The van der Waals surface area contributed by atoms with Gasteiger partial charge in [-0.1, -0.05) is 0 Å². The maximum atomic E-state index is 12.9. The molecule has 2 unspecified atom stereocenters. The van der Waals surface area contributed by atoms with Crippen molar-refractivity contribution in [3.05, 3.63) is 24.3 Å². The zero-order valence-corrected chi connectivity index (χ0v) is 15.4. The van der Waals surface area contributed by atoms with Crippen LogP contribution in [0.1, 0.15) is 12.8 Å². The van der Waals surface area contributed by atoms with Crippen LogP contribution in [0.2, 0.25) is 0 Å². The first kappa shape index (κ1) is 18.6. The number of ether oxygens (including phenoxy) is 1. The molecule has 140 valence electrons. The van der Waals surface area contributed by atoms with E-state index in [9.17, 15) is 14.4 Å². The lowest BCUT2D eigenvalue weighted by Gasteiger charge is -2.36. The molecule has 1 N–H and O–H groups in total. The van der Waals surface area contributed by atoms with E-state index in [-0.39, 0.29) is 30.7 Å². The van der Waals surface area contributed by atoms with Crippen molar-refractivity contribution in [1.29, 1.82) is 0 Å². The third kappa shape index (κ3) is 3.95. The summed E-state index contributed by atoms with van der Waals surface area (Å²) in [4.78, 5) is 39.7. The van der Waals surface area contributed by atoms with Crippen LogP contribution in [0.5, 0.6) is 5.75 Å². The molecule has 2 heterocycles. The molecule has 0 saturated carbocycles. The molecule has 2 aliphatic heterocycles. The van der Waals surface area contributed by atoms with Crippen LogP contribution >= 0.6 is 11.8 Å². The highest BCUT2D eigenvalue weighted by Gasteiger charge is 2.40. The van der Waals surface area contributed by atoms with Crippen molar-refractivity contribution in [2.45, 2.75) is 18.9 Å². The summed E-state index contributed by atoms with van der Waals surface area (Å²) < 4.78 is 5.13. The summed E-state index contributed by atoms with van der Waals surface area (Å²) in [6.07, 6.45) is 0.107. The van der Waals surface area contributed by atoms with E-state index in [2.05, 4.69) is 0 Å². The van der Waals surface area contributed by atoms with Crippen molar-refractivity contribution in [2.24, 2.45) is 5.92 Å². The van der Waals surface area contributed by atoms with E-state index in [0.717, 1.165) is 11.4 Å². The first-order valence-corrected chi connectivity index (χ1v) is 9.69. The van der Waals surface area contributed by atoms with E-state index >= 15 is 0 Å². The number of carboxylic acids is 1. The Morgan fingerprint density at radius 3 is 2.69 bits per heavy atom. The summed E-state index contributed by atoms with van der Waals surface area (Å²) in [5, 5.41) is 9.09. The number of nitrogens with zero attached hydrogens (tertiary/aromatic N) is 2. The monoisotopic (exact) mass is 378 g/mol. The molecule has 8 heteroatoms. The summed E-state index contributed by atoms with van der Waals surface area (Å²) in [6.45, 7) is 0.863. The number of aliphatic carboxylic acids is 1. The van der Waals surface area contributed by atoms with Crippen molar-refractivity contribution >= 4 is 35.2 Å². The smallest absolute Gasteiger partial charge is 0.305 e. The van der Waals surface area contributed by atoms with Crippen molar-refractivity contribution in [2.75, 3.05) is 36.6 Å². The van der Waals surface area contributed by atoms with Gasteiger partial charge in [0.05, 0.1) is 25.5 Å². The number of methoxy groups -OCH3 is 1. The summed E-state index contributed by atoms with van der Waals surface area (Å²) in [6, 6.07) is 6.86. The van der Waals surface area contributed by atoms with Gasteiger partial charge in [0.2, 0.25) is 11.8 Å². The van der Waals surface area contributed by atoms with Crippen LogP contribution < -0.4 is 9.64 Å². The molecule has 1 aromatic rings. The average Bonchev–Trinajstić information content (AvgIpc) is 3.03. The quantitative estimate of drug-likeness (QED) is 0.835.